The Morgan fingerprint density at radius 2 is 1.83 bits per heavy atom. The highest BCUT2D eigenvalue weighted by Gasteiger charge is 2.49. The lowest BCUT2D eigenvalue weighted by molar-refractivity contribution is 0.113. The minimum absolute atomic E-state index is 0.153. The van der Waals surface area contributed by atoms with Crippen molar-refractivity contribution < 1.29 is 14.2 Å². The molecule has 0 spiro atoms. The van der Waals surface area contributed by atoms with E-state index in [4.69, 9.17) is 14.2 Å². The molecule has 126 valence electrons. The molecule has 2 aromatic rings. The molecule has 3 rings (SSSR count). The van der Waals surface area contributed by atoms with E-state index in [1.165, 1.54) is 5.56 Å². The van der Waals surface area contributed by atoms with Crippen LogP contribution in [0.5, 0.6) is 5.75 Å². The van der Waals surface area contributed by atoms with E-state index in [0.29, 0.717) is 13.2 Å². The molecule has 2 atom stereocenters. The second-order valence-corrected chi connectivity index (χ2v) is 6.22. The molecule has 0 N–H and O–H groups in total. The molecule has 1 aliphatic heterocycles. The van der Waals surface area contributed by atoms with E-state index in [1.54, 1.807) is 7.11 Å². The summed E-state index contributed by atoms with van der Waals surface area (Å²) in [7, 11) is 1.67. The molecule has 0 aromatic heterocycles. The summed E-state index contributed by atoms with van der Waals surface area (Å²) < 4.78 is 16.7. The Morgan fingerprint density at radius 3 is 2.54 bits per heavy atom. The number of hydrogen-bond donors (Lipinski definition) is 0. The molecule has 0 radical (unpaired) electrons. The zero-order valence-corrected chi connectivity index (χ0v) is 14.3. The van der Waals surface area contributed by atoms with Gasteiger partial charge < -0.3 is 14.2 Å². The van der Waals surface area contributed by atoms with Crippen LogP contribution >= 0.6 is 0 Å². The number of epoxide rings is 1. The second-order valence-electron chi connectivity index (χ2n) is 6.22. The van der Waals surface area contributed by atoms with Gasteiger partial charge in [0.25, 0.3) is 0 Å². The van der Waals surface area contributed by atoms with E-state index >= 15 is 0 Å². The van der Waals surface area contributed by atoms with Gasteiger partial charge in [-0.2, -0.15) is 0 Å². The van der Waals surface area contributed by atoms with Crippen molar-refractivity contribution >= 4 is 6.08 Å². The highest BCUT2D eigenvalue weighted by atomic mass is 16.6. The minimum Gasteiger partial charge on any atom is -0.497 e. The van der Waals surface area contributed by atoms with Crippen LogP contribution in [0.3, 0.4) is 0 Å². The zero-order valence-electron chi connectivity index (χ0n) is 14.3. The zero-order chi connectivity index (χ0) is 16.8. The molecule has 3 nitrogen and oxygen atoms in total. The fourth-order valence-corrected chi connectivity index (χ4v) is 2.69. The summed E-state index contributed by atoms with van der Waals surface area (Å²) in [6.45, 7) is 3.44. The van der Waals surface area contributed by atoms with Crippen LogP contribution < -0.4 is 4.74 Å². The van der Waals surface area contributed by atoms with E-state index in [9.17, 15) is 0 Å². The Balaban J connectivity index is 1.38. The standard InChI is InChI=1S/C21H24O3/c1-21(14-12-17-6-4-3-5-7-17)20(24-21)13-15-23-16-18-8-10-19(22-2)11-9-18/h3-12,14,20H,13,15-16H2,1-2H3/b14-12-/t20-,21+/m0/s1. The molecular weight excluding hydrogens is 300 g/mol. The predicted octanol–water partition coefficient (Wildman–Crippen LogP) is 4.47. The maximum absolute atomic E-state index is 5.83. The van der Waals surface area contributed by atoms with Gasteiger partial charge in [0.1, 0.15) is 11.4 Å². The summed E-state index contributed by atoms with van der Waals surface area (Å²) in [6, 6.07) is 18.3. The number of ether oxygens (including phenoxy) is 3. The summed E-state index contributed by atoms with van der Waals surface area (Å²) >= 11 is 0. The third-order valence-electron chi connectivity index (χ3n) is 4.34. The Hall–Kier alpha value is -2.10. The van der Waals surface area contributed by atoms with Gasteiger partial charge in [0, 0.05) is 13.0 Å². The summed E-state index contributed by atoms with van der Waals surface area (Å²) in [5.41, 5.74) is 2.20. The third-order valence-corrected chi connectivity index (χ3v) is 4.34. The highest BCUT2D eigenvalue weighted by Crippen LogP contribution is 2.40. The Labute approximate surface area is 143 Å². The first kappa shape index (κ1) is 16.7. The van der Waals surface area contributed by atoms with Gasteiger partial charge in [-0.3, -0.25) is 0 Å². The lowest BCUT2D eigenvalue weighted by Crippen LogP contribution is -2.08. The molecule has 1 heterocycles. The van der Waals surface area contributed by atoms with E-state index in [0.717, 1.165) is 17.7 Å². The average Bonchev–Trinajstić information content (AvgIpc) is 3.29. The maximum Gasteiger partial charge on any atom is 0.118 e. The topological polar surface area (TPSA) is 31.0 Å². The van der Waals surface area contributed by atoms with Gasteiger partial charge in [0.05, 0.1) is 19.8 Å². The van der Waals surface area contributed by atoms with Crippen LogP contribution in [-0.2, 0) is 16.1 Å². The number of rotatable bonds is 8. The van der Waals surface area contributed by atoms with Gasteiger partial charge in [0.15, 0.2) is 0 Å². The molecular formula is C21H24O3. The molecule has 0 amide bonds. The van der Waals surface area contributed by atoms with Crippen molar-refractivity contribution in [3.63, 3.8) is 0 Å². The Morgan fingerprint density at radius 1 is 1.08 bits per heavy atom. The number of benzene rings is 2. The van der Waals surface area contributed by atoms with Crippen LogP contribution in [0.25, 0.3) is 6.08 Å². The molecule has 0 saturated carbocycles. The third kappa shape index (κ3) is 4.47. The number of hydrogen-bond acceptors (Lipinski definition) is 3. The molecule has 3 heteroatoms. The first-order valence-electron chi connectivity index (χ1n) is 8.32. The Kier molecular flexibility index (Phi) is 5.34. The molecule has 24 heavy (non-hydrogen) atoms. The lowest BCUT2D eigenvalue weighted by atomic mass is 10.0. The fraction of sp³-hybridized carbons (Fsp3) is 0.333. The second kappa shape index (κ2) is 7.65. The van der Waals surface area contributed by atoms with Crippen molar-refractivity contribution in [1.29, 1.82) is 0 Å². The van der Waals surface area contributed by atoms with Crippen molar-refractivity contribution in [1.82, 2.24) is 0 Å². The van der Waals surface area contributed by atoms with Crippen LogP contribution in [0, 0.1) is 0 Å². The molecule has 1 aliphatic rings. The van der Waals surface area contributed by atoms with E-state index < -0.39 is 0 Å². The Bertz CT molecular complexity index is 663. The average molecular weight is 324 g/mol. The van der Waals surface area contributed by atoms with Crippen molar-refractivity contribution in [3.8, 4) is 5.75 Å². The van der Waals surface area contributed by atoms with Crippen LogP contribution in [-0.4, -0.2) is 25.4 Å². The van der Waals surface area contributed by atoms with Crippen LogP contribution in [0.1, 0.15) is 24.5 Å². The largest absolute Gasteiger partial charge is 0.497 e. The molecule has 0 bridgehead atoms. The first-order valence-corrected chi connectivity index (χ1v) is 8.32. The molecule has 2 aromatic carbocycles. The monoisotopic (exact) mass is 324 g/mol. The van der Waals surface area contributed by atoms with Crippen molar-refractivity contribution in [2.24, 2.45) is 0 Å². The minimum atomic E-state index is -0.153. The van der Waals surface area contributed by atoms with Crippen LogP contribution in [0.4, 0.5) is 0 Å². The quantitative estimate of drug-likeness (QED) is 0.530. The molecule has 1 fully saturated rings. The molecule has 0 aliphatic carbocycles. The SMILES string of the molecule is COc1ccc(COCC[C@@H]2O[C@]2(C)/C=C\c2ccccc2)cc1. The van der Waals surface area contributed by atoms with E-state index in [2.05, 4.69) is 31.2 Å². The smallest absolute Gasteiger partial charge is 0.118 e. The van der Waals surface area contributed by atoms with E-state index in [-0.39, 0.29) is 11.7 Å². The maximum atomic E-state index is 5.83. The summed E-state index contributed by atoms with van der Waals surface area (Å²) in [5.74, 6) is 0.867. The van der Waals surface area contributed by atoms with Crippen LogP contribution in [0.15, 0.2) is 60.7 Å². The molecule has 1 saturated heterocycles. The van der Waals surface area contributed by atoms with Crippen molar-refractivity contribution in [2.45, 2.75) is 31.7 Å². The van der Waals surface area contributed by atoms with Crippen molar-refractivity contribution in [3.05, 3.63) is 71.8 Å². The van der Waals surface area contributed by atoms with Crippen LogP contribution in [0.2, 0.25) is 0 Å². The summed E-state index contributed by atoms with van der Waals surface area (Å²) in [4.78, 5) is 0. The summed E-state index contributed by atoms with van der Waals surface area (Å²) in [6.07, 6.45) is 5.42. The fourth-order valence-electron chi connectivity index (χ4n) is 2.69. The molecule has 0 unspecified atom stereocenters. The highest BCUT2D eigenvalue weighted by molar-refractivity contribution is 5.51. The number of methoxy groups -OCH3 is 1. The van der Waals surface area contributed by atoms with Gasteiger partial charge in [-0.25, -0.2) is 0 Å². The van der Waals surface area contributed by atoms with Gasteiger partial charge in [-0.05, 0) is 36.3 Å². The van der Waals surface area contributed by atoms with Gasteiger partial charge in [-0.15, -0.1) is 0 Å². The lowest BCUT2D eigenvalue weighted by Gasteiger charge is -2.05. The predicted molar refractivity (Wildman–Crippen MR) is 96.0 cm³/mol. The van der Waals surface area contributed by atoms with Gasteiger partial charge >= 0.3 is 0 Å². The van der Waals surface area contributed by atoms with E-state index in [1.807, 2.05) is 42.5 Å². The van der Waals surface area contributed by atoms with Gasteiger partial charge in [-0.1, -0.05) is 48.5 Å². The van der Waals surface area contributed by atoms with Crippen molar-refractivity contribution in [2.75, 3.05) is 13.7 Å². The summed E-state index contributed by atoms with van der Waals surface area (Å²) in [5, 5.41) is 0. The normalized spacial score (nSPS) is 22.7. The first-order chi connectivity index (χ1) is 11.7. The van der Waals surface area contributed by atoms with Gasteiger partial charge in [0.2, 0.25) is 0 Å².